The third kappa shape index (κ3) is 12.7. The predicted molar refractivity (Wildman–Crippen MR) is 191 cm³/mol. The molecule has 0 aromatic carbocycles. The quantitative estimate of drug-likeness (QED) is 0.122. The fraction of sp³-hybridized carbons (Fsp3) is 0.872. The van der Waals surface area contributed by atoms with E-state index in [-0.39, 0.29) is 65.8 Å². The molecule has 48 heavy (non-hydrogen) atoms. The molecule has 0 radical (unpaired) electrons. The topological polar surface area (TPSA) is 110 Å². The summed E-state index contributed by atoms with van der Waals surface area (Å²) in [6.07, 6.45) is 0.635. The van der Waals surface area contributed by atoms with Crippen LogP contribution in [-0.4, -0.2) is 73.8 Å². The number of carbonyl (C=O) groups excluding carboxylic acids is 3. The molecule has 282 valence electrons. The van der Waals surface area contributed by atoms with E-state index in [2.05, 4.69) is 20.4 Å². The molecule has 9 heteroatoms. The lowest BCUT2D eigenvalue weighted by Crippen LogP contribution is -2.50. The summed E-state index contributed by atoms with van der Waals surface area (Å²) in [7, 11) is 1.62. The molecule has 3 aliphatic heterocycles. The van der Waals surface area contributed by atoms with Gasteiger partial charge in [-0.05, 0) is 56.4 Å². The molecule has 1 spiro atoms. The first kappa shape index (κ1) is 46.0. The Labute approximate surface area is 293 Å². The van der Waals surface area contributed by atoms with Crippen molar-refractivity contribution >= 4 is 17.9 Å². The number of carbonyl (C=O) groups is 3. The molecule has 3 fully saturated rings. The monoisotopic (exact) mass is 685 g/mol. The van der Waals surface area contributed by atoms with Gasteiger partial charge in [0.1, 0.15) is 17.8 Å². The van der Waals surface area contributed by atoms with E-state index < -0.39 is 23.9 Å². The van der Waals surface area contributed by atoms with Crippen LogP contribution in [0.1, 0.15) is 130 Å². The maximum Gasteiger partial charge on any atom is 0.309 e. The summed E-state index contributed by atoms with van der Waals surface area (Å²) < 4.78 is 35.6. The zero-order valence-electron chi connectivity index (χ0n) is 33.3. The zero-order chi connectivity index (χ0) is 37.5. The van der Waals surface area contributed by atoms with Gasteiger partial charge in [-0.3, -0.25) is 14.4 Å². The molecular formula is C39H72O9. The summed E-state index contributed by atoms with van der Waals surface area (Å²) in [5.41, 5.74) is 0.499. The molecule has 0 saturated carbocycles. The Kier molecular flexibility index (Phi) is 21.1. The second-order valence-electron chi connectivity index (χ2n) is 13.4. The van der Waals surface area contributed by atoms with E-state index in [4.69, 9.17) is 28.4 Å². The van der Waals surface area contributed by atoms with Crippen molar-refractivity contribution in [2.24, 2.45) is 35.5 Å². The normalized spacial score (nSPS) is 38.6. The minimum Gasteiger partial charge on any atom is -0.462 e. The fourth-order valence-corrected chi connectivity index (χ4v) is 7.40. The van der Waals surface area contributed by atoms with Crippen LogP contribution in [0.25, 0.3) is 0 Å². The second kappa shape index (κ2) is 22.0. The SMILES string of the molecule is C=C1[C@H](C)C(OC(C)=O)[C@@H](C)[C@@H](C)OC(=O)[C@H](C)[C@@H](C[C@H]2C[C@@H](OC)[C@@H](OC(C)=O)C(C)O2)[C@H](C)C[C@@H](C)C[C@@]12CO2.CC.CC.CC. The van der Waals surface area contributed by atoms with Gasteiger partial charge in [0.15, 0.2) is 6.10 Å². The highest BCUT2D eigenvalue weighted by Crippen LogP contribution is 2.47. The van der Waals surface area contributed by atoms with E-state index in [1.807, 2.05) is 76.2 Å². The third-order valence-corrected chi connectivity index (χ3v) is 10.1. The maximum absolute atomic E-state index is 13.7. The molecule has 0 bridgehead atoms. The Morgan fingerprint density at radius 1 is 0.833 bits per heavy atom. The molecule has 3 heterocycles. The van der Waals surface area contributed by atoms with Gasteiger partial charge in [0, 0.05) is 39.2 Å². The molecule has 0 aromatic heterocycles. The number of hydrogen-bond donors (Lipinski definition) is 0. The maximum atomic E-state index is 13.7. The smallest absolute Gasteiger partial charge is 0.309 e. The van der Waals surface area contributed by atoms with E-state index in [0.29, 0.717) is 25.4 Å². The second-order valence-corrected chi connectivity index (χ2v) is 13.4. The van der Waals surface area contributed by atoms with Crippen molar-refractivity contribution in [3.8, 4) is 0 Å². The molecule has 3 rings (SSSR count). The van der Waals surface area contributed by atoms with Gasteiger partial charge in [0.05, 0.1) is 30.8 Å². The van der Waals surface area contributed by atoms with Crippen LogP contribution in [0.5, 0.6) is 0 Å². The van der Waals surface area contributed by atoms with Crippen LogP contribution in [0.2, 0.25) is 0 Å². The third-order valence-electron chi connectivity index (χ3n) is 10.1. The van der Waals surface area contributed by atoms with Gasteiger partial charge < -0.3 is 28.4 Å². The van der Waals surface area contributed by atoms with Crippen molar-refractivity contribution < 1.29 is 42.8 Å². The minimum absolute atomic E-state index is 0.0205. The number of epoxide rings is 1. The first-order chi connectivity index (χ1) is 22.6. The van der Waals surface area contributed by atoms with Gasteiger partial charge in [-0.15, -0.1) is 0 Å². The van der Waals surface area contributed by atoms with Gasteiger partial charge in [-0.2, -0.15) is 0 Å². The first-order valence-electron chi connectivity index (χ1n) is 18.7. The average Bonchev–Trinajstić information content (AvgIpc) is 3.84. The van der Waals surface area contributed by atoms with E-state index in [0.717, 1.165) is 18.4 Å². The van der Waals surface area contributed by atoms with Crippen LogP contribution in [0.15, 0.2) is 12.2 Å². The van der Waals surface area contributed by atoms with Crippen LogP contribution in [-0.2, 0) is 42.8 Å². The highest BCUT2D eigenvalue weighted by Gasteiger charge is 2.52. The summed E-state index contributed by atoms with van der Waals surface area (Å²) in [6.45, 7) is 33.9. The highest BCUT2D eigenvalue weighted by molar-refractivity contribution is 5.72. The molecule has 13 atom stereocenters. The van der Waals surface area contributed by atoms with Crippen molar-refractivity contribution in [2.75, 3.05) is 13.7 Å². The number of hydrogen-bond acceptors (Lipinski definition) is 9. The number of ether oxygens (including phenoxy) is 6. The summed E-state index contributed by atoms with van der Waals surface area (Å²) in [4.78, 5) is 37.5. The summed E-state index contributed by atoms with van der Waals surface area (Å²) in [6, 6.07) is 0. The number of esters is 3. The number of rotatable bonds is 5. The Balaban J connectivity index is 0.00000348. The Hall–Kier alpha value is -1.97. The zero-order valence-corrected chi connectivity index (χ0v) is 33.3. The highest BCUT2D eigenvalue weighted by atomic mass is 16.6. The largest absolute Gasteiger partial charge is 0.462 e. The van der Waals surface area contributed by atoms with Crippen molar-refractivity contribution in [2.45, 2.75) is 172 Å². The molecule has 0 aliphatic carbocycles. The van der Waals surface area contributed by atoms with Gasteiger partial charge in [0.25, 0.3) is 0 Å². The molecule has 0 amide bonds. The fourth-order valence-electron chi connectivity index (χ4n) is 7.40. The number of cyclic esters (lactones) is 1. The lowest BCUT2D eigenvalue weighted by atomic mass is 9.72. The van der Waals surface area contributed by atoms with Crippen LogP contribution in [0.3, 0.4) is 0 Å². The summed E-state index contributed by atoms with van der Waals surface area (Å²) in [5, 5.41) is 0. The molecule has 3 saturated heterocycles. The Morgan fingerprint density at radius 3 is 1.83 bits per heavy atom. The number of methoxy groups -OCH3 is 1. The van der Waals surface area contributed by atoms with E-state index in [1.54, 1.807) is 7.11 Å². The molecule has 3 aliphatic rings. The molecule has 2 unspecified atom stereocenters. The molecular weight excluding hydrogens is 612 g/mol. The van der Waals surface area contributed by atoms with Crippen molar-refractivity contribution in [1.29, 1.82) is 0 Å². The first-order valence-corrected chi connectivity index (χ1v) is 18.7. The predicted octanol–water partition coefficient (Wildman–Crippen LogP) is 8.36. The minimum atomic E-state index is -0.504. The van der Waals surface area contributed by atoms with Gasteiger partial charge in [-0.25, -0.2) is 0 Å². The van der Waals surface area contributed by atoms with Crippen LogP contribution in [0, 0.1) is 35.5 Å². The van der Waals surface area contributed by atoms with Crippen molar-refractivity contribution in [1.82, 2.24) is 0 Å². The standard InChI is InChI=1S/C33H54O9.3C2H6/c1-17-12-18(2)28(13-27-14-29(37-11)31(24(8)39-27)42-26(10)35)21(5)32(36)40-23(7)20(4)30(41-25(9)34)19(3)22(6)33(15-17)16-38-33;3*1-2/h17-21,23-24,27-31H,6,12-16H2,1-5,7-11H3;3*1-2H3/t17-,18-,19+,20+,21-,23-,24?,27+,28+,29-,30?,31+,33-;;;/m1.../s1. The van der Waals surface area contributed by atoms with Crippen LogP contribution < -0.4 is 0 Å². The van der Waals surface area contributed by atoms with Gasteiger partial charge in [0.2, 0.25) is 0 Å². The van der Waals surface area contributed by atoms with Gasteiger partial charge >= 0.3 is 17.9 Å². The van der Waals surface area contributed by atoms with E-state index in [1.165, 1.54) is 13.8 Å². The molecule has 0 N–H and O–H groups in total. The van der Waals surface area contributed by atoms with E-state index >= 15 is 0 Å². The average molecular weight is 685 g/mol. The Bertz CT molecular complexity index is 977. The summed E-state index contributed by atoms with van der Waals surface area (Å²) >= 11 is 0. The lowest BCUT2D eigenvalue weighted by molar-refractivity contribution is -0.200. The van der Waals surface area contributed by atoms with Crippen LogP contribution in [0.4, 0.5) is 0 Å². The summed E-state index contributed by atoms with van der Waals surface area (Å²) in [5.74, 6) is -1.35. The molecule has 0 aromatic rings. The van der Waals surface area contributed by atoms with Crippen molar-refractivity contribution in [3.05, 3.63) is 12.2 Å². The van der Waals surface area contributed by atoms with Gasteiger partial charge in [-0.1, -0.05) is 82.7 Å². The van der Waals surface area contributed by atoms with E-state index in [9.17, 15) is 14.4 Å². The Morgan fingerprint density at radius 2 is 1.35 bits per heavy atom. The van der Waals surface area contributed by atoms with Crippen molar-refractivity contribution in [3.63, 3.8) is 0 Å². The van der Waals surface area contributed by atoms with Crippen LogP contribution >= 0.6 is 0 Å². The lowest BCUT2D eigenvalue weighted by Gasteiger charge is -2.42. The molecule has 9 nitrogen and oxygen atoms in total.